The second-order valence-corrected chi connectivity index (χ2v) is 10.1. The average Bonchev–Trinajstić information content (AvgIpc) is 2.62. The number of rotatable bonds is 5. The van der Waals surface area contributed by atoms with Gasteiger partial charge in [-0.1, -0.05) is 72.0 Å². The van der Waals surface area contributed by atoms with Crippen LogP contribution in [0.4, 0.5) is 4.39 Å². The fourth-order valence-electron chi connectivity index (χ4n) is 3.71. The van der Waals surface area contributed by atoms with Crippen molar-refractivity contribution in [1.29, 1.82) is 0 Å². The topological polar surface area (TPSA) is 3.24 Å². The van der Waals surface area contributed by atoms with Crippen molar-refractivity contribution in [3.05, 3.63) is 71.5 Å². The summed E-state index contributed by atoms with van der Waals surface area (Å²) in [5, 5.41) is 0. The Bertz CT molecular complexity index is 673. The zero-order valence-electron chi connectivity index (χ0n) is 15.1. The molecule has 0 bridgehead atoms. The third-order valence-corrected chi connectivity index (χ3v) is 6.94. The van der Waals surface area contributed by atoms with Gasteiger partial charge in [0.25, 0.3) is 0 Å². The molecule has 1 aliphatic heterocycles. The summed E-state index contributed by atoms with van der Waals surface area (Å²) in [5.74, 6) is -0.160. The third-order valence-electron chi connectivity index (χ3n) is 5.77. The molecular formula is C22H27FIN. The summed E-state index contributed by atoms with van der Waals surface area (Å²) in [6, 6.07) is 17.9. The average molecular weight is 451 g/mol. The van der Waals surface area contributed by atoms with Crippen LogP contribution in [0.1, 0.15) is 44.2 Å². The lowest BCUT2D eigenvalue weighted by molar-refractivity contribution is 0.164. The van der Waals surface area contributed by atoms with Gasteiger partial charge in [0.15, 0.2) is 0 Å². The summed E-state index contributed by atoms with van der Waals surface area (Å²) in [6.07, 6.45) is 3.51. The van der Waals surface area contributed by atoms with E-state index in [9.17, 15) is 4.39 Å². The van der Waals surface area contributed by atoms with Crippen LogP contribution in [0.5, 0.6) is 0 Å². The first kappa shape index (κ1) is 18.8. The van der Waals surface area contributed by atoms with Gasteiger partial charge in [0.05, 0.1) is 0 Å². The predicted molar refractivity (Wildman–Crippen MR) is 112 cm³/mol. The van der Waals surface area contributed by atoms with Gasteiger partial charge in [-0.05, 0) is 74.5 Å². The van der Waals surface area contributed by atoms with Gasteiger partial charge in [-0.25, -0.2) is 4.39 Å². The molecule has 1 nitrogen and oxygen atoms in total. The summed E-state index contributed by atoms with van der Waals surface area (Å²) < 4.78 is 13.2. The highest BCUT2D eigenvalue weighted by Crippen LogP contribution is 2.38. The van der Waals surface area contributed by atoms with E-state index in [0.717, 1.165) is 26.1 Å². The number of benzene rings is 2. The number of piperidine rings is 1. The molecule has 2 aromatic rings. The molecule has 2 aromatic carbocycles. The Morgan fingerprint density at radius 1 is 1.04 bits per heavy atom. The minimum Gasteiger partial charge on any atom is -0.303 e. The maximum Gasteiger partial charge on any atom is 0.123 e. The minimum atomic E-state index is -0.160. The van der Waals surface area contributed by atoms with Crippen molar-refractivity contribution in [2.24, 2.45) is 0 Å². The largest absolute Gasteiger partial charge is 0.303 e. The van der Waals surface area contributed by atoms with Crippen molar-refractivity contribution in [3.8, 4) is 0 Å². The van der Waals surface area contributed by atoms with Gasteiger partial charge in [-0.15, -0.1) is 0 Å². The quantitative estimate of drug-likeness (QED) is 0.403. The van der Waals surface area contributed by atoms with Gasteiger partial charge < -0.3 is 4.90 Å². The van der Waals surface area contributed by atoms with Gasteiger partial charge >= 0.3 is 0 Å². The molecule has 1 heterocycles. The first-order valence-electron chi connectivity index (χ1n) is 9.12. The molecule has 0 amide bonds. The van der Waals surface area contributed by atoms with Crippen molar-refractivity contribution in [2.75, 3.05) is 19.6 Å². The lowest BCUT2D eigenvalue weighted by atomic mass is 9.74. The summed E-state index contributed by atoms with van der Waals surface area (Å²) in [6.45, 7) is 8.06. The molecule has 3 heteroatoms. The van der Waals surface area contributed by atoms with E-state index >= 15 is 0 Å². The Hall–Kier alpha value is -0.940. The second kappa shape index (κ2) is 7.75. The van der Waals surface area contributed by atoms with Gasteiger partial charge in [0.2, 0.25) is 0 Å². The van der Waals surface area contributed by atoms with E-state index in [0.29, 0.717) is 5.41 Å². The standard InChI is InChI=1S/C22H27FIN/c1-21(18-6-4-3-5-7-18)12-15-25(16-13-21)17-14-22(2,24)19-8-10-20(23)11-9-19/h3-11H,12-17H2,1-2H3/t22-/m1/s1. The SMILES string of the molecule is CC1(c2ccccc2)CCN(CC[C@@](C)(I)c2ccc(F)cc2)CC1. The van der Waals surface area contributed by atoms with Crippen LogP contribution in [0.25, 0.3) is 0 Å². The van der Waals surface area contributed by atoms with Crippen LogP contribution in [0.15, 0.2) is 54.6 Å². The van der Waals surface area contributed by atoms with E-state index in [4.69, 9.17) is 0 Å². The highest BCUT2D eigenvalue weighted by atomic mass is 127. The van der Waals surface area contributed by atoms with Crippen LogP contribution in [0.2, 0.25) is 0 Å². The van der Waals surface area contributed by atoms with Gasteiger partial charge in [-0.2, -0.15) is 0 Å². The Morgan fingerprint density at radius 3 is 2.24 bits per heavy atom. The van der Waals surface area contributed by atoms with E-state index in [1.54, 1.807) is 12.1 Å². The molecule has 0 unspecified atom stereocenters. The molecule has 1 aliphatic rings. The zero-order chi connectivity index (χ0) is 17.9. The number of halogens is 2. The molecule has 0 aromatic heterocycles. The van der Waals surface area contributed by atoms with Crippen molar-refractivity contribution in [1.82, 2.24) is 4.90 Å². The highest BCUT2D eigenvalue weighted by Gasteiger charge is 2.32. The molecule has 0 aliphatic carbocycles. The zero-order valence-corrected chi connectivity index (χ0v) is 17.3. The molecule has 1 atom stereocenters. The first-order chi connectivity index (χ1) is 11.9. The van der Waals surface area contributed by atoms with Crippen LogP contribution in [0.3, 0.4) is 0 Å². The molecule has 1 fully saturated rings. The molecule has 0 N–H and O–H groups in total. The number of hydrogen-bond acceptors (Lipinski definition) is 1. The van der Waals surface area contributed by atoms with Crippen LogP contribution < -0.4 is 0 Å². The lowest BCUT2D eigenvalue weighted by Crippen LogP contribution is -2.42. The molecule has 0 spiro atoms. The molecule has 0 radical (unpaired) electrons. The van der Waals surface area contributed by atoms with Crippen molar-refractivity contribution < 1.29 is 4.39 Å². The predicted octanol–water partition coefficient (Wildman–Crippen LogP) is 5.92. The molecule has 0 saturated carbocycles. The second-order valence-electron chi connectivity index (χ2n) is 7.72. The number of nitrogens with zero attached hydrogens (tertiary/aromatic N) is 1. The van der Waals surface area contributed by atoms with Gasteiger partial charge in [0.1, 0.15) is 5.82 Å². The normalized spacial score (nSPS) is 20.2. The molecular weight excluding hydrogens is 424 g/mol. The lowest BCUT2D eigenvalue weighted by Gasteiger charge is -2.40. The van der Waals surface area contributed by atoms with Crippen LogP contribution in [-0.2, 0) is 8.84 Å². The Labute approximate surface area is 164 Å². The minimum absolute atomic E-state index is 0.0473. The van der Waals surface area contributed by atoms with Gasteiger partial charge in [-0.3, -0.25) is 0 Å². The van der Waals surface area contributed by atoms with E-state index in [1.165, 1.54) is 24.0 Å². The smallest absolute Gasteiger partial charge is 0.123 e. The maximum absolute atomic E-state index is 13.2. The van der Waals surface area contributed by atoms with Crippen LogP contribution in [0, 0.1) is 5.82 Å². The molecule has 3 rings (SSSR count). The van der Waals surface area contributed by atoms with E-state index in [1.807, 2.05) is 12.1 Å². The van der Waals surface area contributed by atoms with Crippen molar-refractivity contribution >= 4 is 22.6 Å². The van der Waals surface area contributed by atoms with E-state index in [-0.39, 0.29) is 9.24 Å². The summed E-state index contributed by atoms with van der Waals surface area (Å²) >= 11 is 2.52. The Balaban J connectivity index is 1.55. The monoisotopic (exact) mass is 451 g/mol. The first-order valence-corrected chi connectivity index (χ1v) is 10.2. The fourth-order valence-corrected chi connectivity index (χ4v) is 4.31. The summed E-state index contributed by atoms with van der Waals surface area (Å²) in [4.78, 5) is 2.59. The number of likely N-dealkylation sites (tertiary alicyclic amines) is 1. The van der Waals surface area contributed by atoms with Gasteiger partial charge in [0, 0.05) is 3.42 Å². The molecule has 134 valence electrons. The van der Waals surface area contributed by atoms with Crippen LogP contribution >= 0.6 is 22.6 Å². The number of hydrogen-bond donors (Lipinski definition) is 0. The van der Waals surface area contributed by atoms with Crippen molar-refractivity contribution in [2.45, 2.75) is 41.9 Å². The summed E-state index contributed by atoms with van der Waals surface area (Å²) in [5.41, 5.74) is 2.99. The molecule has 1 saturated heterocycles. The third kappa shape index (κ3) is 4.62. The summed E-state index contributed by atoms with van der Waals surface area (Å²) in [7, 11) is 0. The van der Waals surface area contributed by atoms with E-state index < -0.39 is 0 Å². The fraction of sp³-hybridized carbons (Fsp3) is 0.455. The van der Waals surface area contributed by atoms with Crippen molar-refractivity contribution in [3.63, 3.8) is 0 Å². The Morgan fingerprint density at radius 2 is 1.64 bits per heavy atom. The maximum atomic E-state index is 13.2. The molecule has 25 heavy (non-hydrogen) atoms. The number of alkyl halides is 1. The Kier molecular flexibility index (Phi) is 5.84. The highest BCUT2D eigenvalue weighted by molar-refractivity contribution is 14.1. The van der Waals surface area contributed by atoms with Crippen LogP contribution in [-0.4, -0.2) is 24.5 Å². The van der Waals surface area contributed by atoms with E-state index in [2.05, 4.69) is 71.7 Å².